The molecule has 0 aliphatic rings. The molecule has 0 aliphatic heterocycles. The van der Waals surface area contributed by atoms with E-state index in [1.165, 1.54) is 18.3 Å². The summed E-state index contributed by atoms with van der Waals surface area (Å²) in [5.74, 6) is -7.02. The summed E-state index contributed by atoms with van der Waals surface area (Å²) in [6.07, 6.45) is 1.06. The summed E-state index contributed by atoms with van der Waals surface area (Å²) < 4.78 is 57.5. The zero-order valence-electron chi connectivity index (χ0n) is 15.0. The average Bonchev–Trinajstić information content (AvgIpc) is 2.71. The number of halogens is 4. The van der Waals surface area contributed by atoms with E-state index in [2.05, 4.69) is 10.3 Å². The lowest BCUT2D eigenvalue weighted by Crippen LogP contribution is -2.11. The number of pyridine rings is 1. The van der Waals surface area contributed by atoms with Crippen LogP contribution in [-0.2, 0) is 6.42 Å². The van der Waals surface area contributed by atoms with Crippen LogP contribution >= 0.6 is 0 Å². The molecule has 0 fully saturated rings. The molecule has 154 valence electrons. The SMILES string of the molecule is Nc1nccc(Cc2cc(C(=O)O)c(Nc3ccc(C=O)cc3F)c(F)c2F)c1F. The maximum Gasteiger partial charge on any atom is 0.337 e. The van der Waals surface area contributed by atoms with Gasteiger partial charge in [-0.15, -0.1) is 0 Å². The third-order valence-corrected chi connectivity index (χ3v) is 4.28. The van der Waals surface area contributed by atoms with Crippen LogP contribution in [0.1, 0.15) is 31.8 Å². The summed E-state index contributed by atoms with van der Waals surface area (Å²) in [5.41, 5.74) is 2.88. The van der Waals surface area contributed by atoms with Gasteiger partial charge in [0.05, 0.1) is 16.9 Å². The Labute approximate surface area is 167 Å². The molecule has 0 aliphatic carbocycles. The minimum atomic E-state index is -1.63. The number of benzene rings is 2. The van der Waals surface area contributed by atoms with Crippen LogP contribution in [0.3, 0.4) is 0 Å². The lowest BCUT2D eigenvalue weighted by Gasteiger charge is -2.15. The second-order valence-electron chi connectivity index (χ2n) is 6.22. The van der Waals surface area contributed by atoms with Crippen molar-refractivity contribution in [2.75, 3.05) is 11.1 Å². The summed E-state index contributed by atoms with van der Waals surface area (Å²) in [4.78, 5) is 25.8. The van der Waals surface area contributed by atoms with E-state index >= 15 is 0 Å². The predicted molar refractivity (Wildman–Crippen MR) is 99.8 cm³/mol. The second-order valence-corrected chi connectivity index (χ2v) is 6.22. The Balaban J connectivity index is 2.07. The maximum absolute atomic E-state index is 14.7. The molecule has 3 aromatic rings. The van der Waals surface area contributed by atoms with Crippen LogP contribution in [0.2, 0.25) is 0 Å². The zero-order valence-corrected chi connectivity index (χ0v) is 15.0. The first-order valence-electron chi connectivity index (χ1n) is 8.37. The van der Waals surface area contributed by atoms with Gasteiger partial charge in [0.15, 0.2) is 23.3 Å². The van der Waals surface area contributed by atoms with Crippen molar-refractivity contribution in [3.63, 3.8) is 0 Å². The number of carbonyl (C=O) groups is 2. The van der Waals surface area contributed by atoms with E-state index in [-0.39, 0.29) is 16.8 Å². The van der Waals surface area contributed by atoms with Gasteiger partial charge in [0.2, 0.25) is 0 Å². The largest absolute Gasteiger partial charge is 0.478 e. The number of aldehydes is 1. The van der Waals surface area contributed by atoms with Gasteiger partial charge in [-0.2, -0.15) is 0 Å². The fourth-order valence-corrected chi connectivity index (χ4v) is 2.78. The fourth-order valence-electron chi connectivity index (χ4n) is 2.78. The molecule has 4 N–H and O–H groups in total. The van der Waals surface area contributed by atoms with Gasteiger partial charge in [0.1, 0.15) is 12.1 Å². The molecular weight excluding hydrogens is 406 g/mol. The second kappa shape index (κ2) is 8.19. The van der Waals surface area contributed by atoms with Gasteiger partial charge in [-0.1, -0.05) is 0 Å². The first-order chi connectivity index (χ1) is 14.2. The van der Waals surface area contributed by atoms with E-state index in [9.17, 15) is 32.3 Å². The topological polar surface area (TPSA) is 105 Å². The summed E-state index contributed by atoms with van der Waals surface area (Å²) >= 11 is 0. The van der Waals surface area contributed by atoms with Crippen molar-refractivity contribution in [3.05, 3.63) is 82.1 Å². The number of aromatic nitrogens is 1. The third-order valence-electron chi connectivity index (χ3n) is 4.28. The summed E-state index contributed by atoms with van der Waals surface area (Å²) in [7, 11) is 0. The predicted octanol–water partition coefficient (Wildman–Crippen LogP) is 4.07. The molecular formula is C20H13F4N3O3. The molecule has 1 heterocycles. The highest BCUT2D eigenvalue weighted by Crippen LogP contribution is 2.31. The molecule has 0 saturated carbocycles. The molecule has 3 rings (SSSR count). The quantitative estimate of drug-likeness (QED) is 0.411. The van der Waals surface area contributed by atoms with Gasteiger partial charge in [-0.05, 0) is 41.5 Å². The number of nitrogen functional groups attached to an aromatic ring is 1. The Kier molecular flexibility index (Phi) is 5.67. The Morgan fingerprint density at radius 3 is 2.43 bits per heavy atom. The van der Waals surface area contributed by atoms with E-state index < -0.39 is 58.3 Å². The van der Waals surface area contributed by atoms with E-state index in [1.54, 1.807) is 0 Å². The van der Waals surface area contributed by atoms with Gasteiger partial charge in [0, 0.05) is 18.2 Å². The molecule has 6 nitrogen and oxygen atoms in total. The molecule has 30 heavy (non-hydrogen) atoms. The monoisotopic (exact) mass is 419 g/mol. The van der Waals surface area contributed by atoms with Gasteiger partial charge in [0.25, 0.3) is 0 Å². The fraction of sp³-hybridized carbons (Fsp3) is 0.0500. The number of hydrogen-bond donors (Lipinski definition) is 3. The van der Waals surface area contributed by atoms with Crippen LogP contribution in [0.4, 0.5) is 34.8 Å². The first-order valence-corrected chi connectivity index (χ1v) is 8.37. The molecule has 2 aromatic carbocycles. The molecule has 0 radical (unpaired) electrons. The highest BCUT2D eigenvalue weighted by atomic mass is 19.2. The minimum Gasteiger partial charge on any atom is -0.478 e. The number of nitrogens with zero attached hydrogens (tertiary/aromatic N) is 1. The molecule has 0 bridgehead atoms. The van der Waals surface area contributed by atoms with E-state index in [1.807, 2.05) is 0 Å². The van der Waals surface area contributed by atoms with Crippen LogP contribution in [0.15, 0.2) is 36.5 Å². The third kappa shape index (κ3) is 3.93. The Hall–Kier alpha value is -3.95. The number of carbonyl (C=O) groups excluding carboxylic acids is 1. The van der Waals surface area contributed by atoms with Crippen LogP contribution in [0, 0.1) is 23.3 Å². The van der Waals surface area contributed by atoms with E-state index in [0.29, 0.717) is 6.29 Å². The standard InChI is InChI=1S/C20H13F4N3O3/c21-13-5-9(8-28)1-2-14(13)27-18-12(20(29)30)7-11(15(22)17(18)24)6-10-3-4-26-19(25)16(10)23/h1-5,7-8,27H,6H2,(H2,25,26)(H,29,30). The summed E-state index contributed by atoms with van der Waals surface area (Å²) in [6, 6.07) is 5.13. The molecule has 0 atom stereocenters. The van der Waals surface area contributed by atoms with E-state index in [0.717, 1.165) is 18.2 Å². The molecule has 1 aromatic heterocycles. The van der Waals surface area contributed by atoms with Crippen LogP contribution in [-0.4, -0.2) is 22.3 Å². The van der Waals surface area contributed by atoms with Crippen molar-refractivity contribution in [3.8, 4) is 0 Å². The molecule has 0 unspecified atom stereocenters. The number of aromatic carboxylic acids is 1. The van der Waals surface area contributed by atoms with Gasteiger partial charge < -0.3 is 16.2 Å². The highest BCUT2D eigenvalue weighted by molar-refractivity contribution is 5.96. The Bertz CT molecular complexity index is 1170. The van der Waals surface area contributed by atoms with Crippen molar-refractivity contribution in [2.45, 2.75) is 6.42 Å². The van der Waals surface area contributed by atoms with Gasteiger partial charge in [-0.3, -0.25) is 4.79 Å². The van der Waals surface area contributed by atoms with Crippen molar-refractivity contribution in [1.29, 1.82) is 0 Å². The van der Waals surface area contributed by atoms with Crippen LogP contribution < -0.4 is 11.1 Å². The van der Waals surface area contributed by atoms with Crippen LogP contribution in [0.25, 0.3) is 0 Å². The number of anilines is 3. The zero-order chi connectivity index (χ0) is 22.0. The number of hydrogen-bond acceptors (Lipinski definition) is 5. The highest BCUT2D eigenvalue weighted by Gasteiger charge is 2.24. The summed E-state index contributed by atoms with van der Waals surface area (Å²) in [5, 5.41) is 11.6. The van der Waals surface area contributed by atoms with Crippen molar-refractivity contribution in [2.24, 2.45) is 0 Å². The normalized spacial score (nSPS) is 10.7. The molecule has 10 heteroatoms. The van der Waals surface area contributed by atoms with Crippen molar-refractivity contribution < 1.29 is 32.3 Å². The molecule has 0 spiro atoms. The number of rotatable bonds is 6. The first kappa shape index (κ1) is 20.8. The number of nitrogens with one attached hydrogen (secondary N) is 1. The van der Waals surface area contributed by atoms with Gasteiger partial charge >= 0.3 is 5.97 Å². The molecule has 0 saturated heterocycles. The Morgan fingerprint density at radius 1 is 1.07 bits per heavy atom. The smallest absolute Gasteiger partial charge is 0.337 e. The van der Waals surface area contributed by atoms with Gasteiger partial charge in [-0.25, -0.2) is 27.3 Å². The number of carboxylic acids is 1. The lowest BCUT2D eigenvalue weighted by atomic mass is 10.00. The van der Waals surface area contributed by atoms with Crippen molar-refractivity contribution >= 4 is 29.4 Å². The van der Waals surface area contributed by atoms with E-state index in [4.69, 9.17) is 5.73 Å². The minimum absolute atomic E-state index is 0.00263. The number of carboxylic acid groups (broad SMARTS) is 1. The molecule has 0 amide bonds. The average molecular weight is 419 g/mol. The lowest BCUT2D eigenvalue weighted by molar-refractivity contribution is 0.0697. The van der Waals surface area contributed by atoms with Crippen LogP contribution in [0.5, 0.6) is 0 Å². The van der Waals surface area contributed by atoms with Crippen molar-refractivity contribution in [1.82, 2.24) is 4.98 Å². The maximum atomic E-state index is 14.7. The Morgan fingerprint density at radius 2 is 1.80 bits per heavy atom. The number of nitrogens with two attached hydrogens (primary N) is 1. The summed E-state index contributed by atoms with van der Waals surface area (Å²) in [6.45, 7) is 0.